The molecule has 2 aliphatic heterocycles. The highest BCUT2D eigenvalue weighted by Crippen LogP contribution is 2.23. The van der Waals surface area contributed by atoms with E-state index in [2.05, 4.69) is 10.2 Å². The van der Waals surface area contributed by atoms with E-state index in [0.717, 1.165) is 36.9 Å². The second kappa shape index (κ2) is 7.13. The minimum absolute atomic E-state index is 0. The summed E-state index contributed by atoms with van der Waals surface area (Å²) in [5, 5.41) is 4.33. The molecule has 0 radical (unpaired) electrons. The minimum atomic E-state index is -0.379. The Balaban J connectivity index is 0.00000196. The van der Waals surface area contributed by atoms with Gasteiger partial charge in [-0.3, -0.25) is 14.2 Å². The number of rotatable bonds is 2. The van der Waals surface area contributed by atoms with Gasteiger partial charge in [-0.15, -0.1) is 12.4 Å². The van der Waals surface area contributed by atoms with Gasteiger partial charge in [0.2, 0.25) is 11.8 Å². The number of piperazine rings is 1. The molecule has 2 aromatic rings. The molecule has 2 amide bonds. The van der Waals surface area contributed by atoms with Crippen molar-refractivity contribution in [2.75, 3.05) is 36.1 Å². The zero-order chi connectivity index (χ0) is 17.6. The standard InChI is InChI=1S/C17H21N5O3.ClH/c1-19-14-11-12(20-9-7-18-8-10-20)5-6-13(14)21(17(19)25)22-15(23)3-2-4-16(22)24;/h5-6,11,18H,2-4,7-10H2,1H3;1H. The van der Waals surface area contributed by atoms with Crippen LogP contribution in [0.5, 0.6) is 0 Å². The number of aromatic nitrogens is 2. The van der Waals surface area contributed by atoms with E-state index in [4.69, 9.17) is 0 Å². The predicted octanol–water partition coefficient (Wildman–Crippen LogP) is 0.347. The fourth-order valence-electron chi connectivity index (χ4n) is 3.59. The molecule has 1 N–H and O–H groups in total. The third-order valence-electron chi connectivity index (χ3n) is 4.95. The lowest BCUT2D eigenvalue weighted by atomic mass is 10.1. The SMILES string of the molecule is Cl.Cn1c(=O)n(N2C(=O)CCCC2=O)c2ccc(N3CCNCC3)cc21. The summed E-state index contributed by atoms with van der Waals surface area (Å²) in [6, 6.07) is 5.73. The number of benzene rings is 1. The minimum Gasteiger partial charge on any atom is -0.369 e. The van der Waals surface area contributed by atoms with Gasteiger partial charge in [0.05, 0.1) is 11.0 Å². The summed E-state index contributed by atoms with van der Waals surface area (Å²) >= 11 is 0. The van der Waals surface area contributed by atoms with Gasteiger partial charge in [-0.1, -0.05) is 0 Å². The van der Waals surface area contributed by atoms with E-state index in [1.54, 1.807) is 7.05 Å². The first-order valence-electron chi connectivity index (χ1n) is 8.61. The summed E-state index contributed by atoms with van der Waals surface area (Å²) in [7, 11) is 1.67. The summed E-state index contributed by atoms with van der Waals surface area (Å²) in [6.45, 7) is 3.66. The Kier molecular flexibility index (Phi) is 5.06. The van der Waals surface area contributed by atoms with Gasteiger partial charge in [0, 0.05) is 51.8 Å². The average molecular weight is 380 g/mol. The molecule has 0 spiro atoms. The van der Waals surface area contributed by atoms with Crippen molar-refractivity contribution < 1.29 is 9.59 Å². The monoisotopic (exact) mass is 379 g/mol. The summed E-state index contributed by atoms with van der Waals surface area (Å²) < 4.78 is 2.72. The molecule has 9 heteroatoms. The number of piperidine rings is 1. The molecule has 140 valence electrons. The Hall–Kier alpha value is -2.32. The molecule has 0 bridgehead atoms. The fourth-order valence-corrected chi connectivity index (χ4v) is 3.59. The van der Waals surface area contributed by atoms with Gasteiger partial charge in [-0.05, 0) is 24.6 Å². The maximum absolute atomic E-state index is 12.7. The van der Waals surface area contributed by atoms with Crippen LogP contribution in [0.4, 0.5) is 5.69 Å². The van der Waals surface area contributed by atoms with E-state index in [9.17, 15) is 14.4 Å². The van der Waals surface area contributed by atoms with Crippen molar-refractivity contribution in [2.45, 2.75) is 19.3 Å². The number of hydrogen-bond acceptors (Lipinski definition) is 5. The van der Waals surface area contributed by atoms with Gasteiger partial charge in [0.1, 0.15) is 0 Å². The number of anilines is 1. The van der Waals surface area contributed by atoms with Gasteiger partial charge in [-0.25, -0.2) is 4.79 Å². The molecule has 4 rings (SSSR count). The van der Waals surface area contributed by atoms with Gasteiger partial charge >= 0.3 is 5.69 Å². The van der Waals surface area contributed by atoms with Crippen molar-refractivity contribution in [1.29, 1.82) is 0 Å². The van der Waals surface area contributed by atoms with Crippen molar-refractivity contribution in [3.63, 3.8) is 0 Å². The number of imide groups is 1. The van der Waals surface area contributed by atoms with Crippen molar-refractivity contribution in [1.82, 2.24) is 14.6 Å². The number of imidazole rings is 1. The lowest BCUT2D eigenvalue weighted by Crippen LogP contribution is -2.52. The van der Waals surface area contributed by atoms with E-state index in [-0.39, 0.29) is 42.8 Å². The Bertz CT molecular complexity index is 897. The Morgan fingerprint density at radius 3 is 2.27 bits per heavy atom. The smallest absolute Gasteiger partial charge is 0.348 e. The summed E-state index contributed by atoms with van der Waals surface area (Å²) in [6.07, 6.45) is 1.11. The maximum atomic E-state index is 12.7. The van der Waals surface area contributed by atoms with Crippen LogP contribution in [0.25, 0.3) is 11.0 Å². The van der Waals surface area contributed by atoms with Crippen molar-refractivity contribution in [2.24, 2.45) is 7.05 Å². The van der Waals surface area contributed by atoms with Crippen LogP contribution >= 0.6 is 12.4 Å². The lowest BCUT2D eigenvalue weighted by molar-refractivity contribution is -0.131. The molecule has 2 aliphatic rings. The number of aryl methyl sites for hydroxylation is 1. The second-order valence-corrected chi connectivity index (χ2v) is 6.52. The normalized spacial score (nSPS) is 18.3. The van der Waals surface area contributed by atoms with Crippen LogP contribution in [0.1, 0.15) is 19.3 Å². The summed E-state index contributed by atoms with van der Waals surface area (Å²) in [5.74, 6) is -0.644. The molecule has 2 fully saturated rings. The molecule has 0 unspecified atom stereocenters. The first kappa shape index (κ1) is 18.5. The number of nitrogens with one attached hydrogen (secondary N) is 1. The number of amides is 2. The highest BCUT2D eigenvalue weighted by Gasteiger charge is 2.31. The molecule has 3 heterocycles. The third-order valence-corrected chi connectivity index (χ3v) is 4.95. The average Bonchev–Trinajstić information content (AvgIpc) is 2.87. The molecule has 1 aromatic carbocycles. The van der Waals surface area contributed by atoms with Crippen LogP contribution in [0.2, 0.25) is 0 Å². The van der Waals surface area contributed by atoms with Crippen LogP contribution in [0.3, 0.4) is 0 Å². The maximum Gasteiger partial charge on any atom is 0.348 e. The lowest BCUT2D eigenvalue weighted by Gasteiger charge is -2.29. The molecular weight excluding hydrogens is 358 g/mol. The molecule has 0 atom stereocenters. The second-order valence-electron chi connectivity index (χ2n) is 6.52. The van der Waals surface area contributed by atoms with E-state index in [1.165, 1.54) is 9.24 Å². The van der Waals surface area contributed by atoms with E-state index < -0.39 is 0 Å². The molecule has 8 nitrogen and oxygen atoms in total. The first-order valence-corrected chi connectivity index (χ1v) is 8.61. The molecule has 2 saturated heterocycles. The Morgan fingerprint density at radius 2 is 1.62 bits per heavy atom. The third kappa shape index (κ3) is 2.89. The van der Waals surface area contributed by atoms with Crippen molar-refractivity contribution in [3.8, 4) is 0 Å². The molecule has 0 aliphatic carbocycles. The highest BCUT2D eigenvalue weighted by atomic mass is 35.5. The number of fused-ring (bicyclic) bond motifs is 1. The zero-order valence-corrected chi connectivity index (χ0v) is 15.4. The summed E-state index contributed by atoms with van der Waals surface area (Å²) in [5.41, 5.74) is 1.95. The van der Waals surface area contributed by atoms with Crippen molar-refractivity contribution in [3.05, 3.63) is 28.7 Å². The number of halogens is 1. The quantitative estimate of drug-likeness (QED) is 0.761. The predicted molar refractivity (Wildman–Crippen MR) is 102 cm³/mol. The topological polar surface area (TPSA) is 79.6 Å². The number of carbonyl (C=O) groups is 2. The summed E-state index contributed by atoms with van der Waals surface area (Å²) in [4.78, 5) is 39.5. The fraction of sp³-hybridized carbons (Fsp3) is 0.471. The van der Waals surface area contributed by atoms with Gasteiger partial charge in [-0.2, -0.15) is 9.69 Å². The van der Waals surface area contributed by atoms with Crippen molar-refractivity contribution >= 4 is 40.9 Å². The first-order chi connectivity index (χ1) is 12.1. The largest absolute Gasteiger partial charge is 0.369 e. The van der Waals surface area contributed by atoms with Crippen LogP contribution in [-0.4, -0.2) is 47.2 Å². The number of hydrogen-bond donors (Lipinski definition) is 1. The van der Waals surface area contributed by atoms with Crippen LogP contribution in [0.15, 0.2) is 23.0 Å². The van der Waals surface area contributed by atoms with Gasteiger partial charge < -0.3 is 10.2 Å². The van der Waals surface area contributed by atoms with E-state index in [0.29, 0.717) is 17.5 Å². The Morgan fingerprint density at radius 1 is 0.962 bits per heavy atom. The highest BCUT2D eigenvalue weighted by molar-refractivity contribution is 6.11. The van der Waals surface area contributed by atoms with Gasteiger partial charge in [0.15, 0.2) is 0 Å². The van der Waals surface area contributed by atoms with Crippen LogP contribution < -0.4 is 20.9 Å². The van der Waals surface area contributed by atoms with E-state index >= 15 is 0 Å². The zero-order valence-electron chi connectivity index (χ0n) is 14.6. The molecule has 1 aromatic heterocycles. The van der Waals surface area contributed by atoms with Crippen LogP contribution in [-0.2, 0) is 16.6 Å². The number of carbonyl (C=O) groups excluding carboxylic acids is 2. The molecule has 0 saturated carbocycles. The molecular formula is C17H22ClN5O3. The Labute approximate surface area is 156 Å². The van der Waals surface area contributed by atoms with Crippen LogP contribution in [0, 0.1) is 0 Å². The number of nitrogens with zero attached hydrogens (tertiary/aromatic N) is 4. The van der Waals surface area contributed by atoms with Gasteiger partial charge in [0.25, 0.3) is 0 Å². The van der Waals surface area contributed by atoms with E-state index in [1.807, 2.05) is 18.2 Å². The molecule has 26 heavy (non-hydrogen) atoms.